The van der Waals surface area contributed by atoms with Crippen LogP contribution in [0.3, 0.4) is 0 Å². The van der Waals surface area contributed by atoms with Crippen molar-refractivity contribution in [1.82, 2.24) is 10.2 Å². The highest BCUT2D eigenvalue weighted by atomic mass is 32.2. The van der Waals surface area contributed by atoms with E-state index in [1.54, 1.807) is 13.8 Å². The molecule has 0 radical (unpaired) electrons. The van der Waals surface area contributed by atoms with Gasteiger partial charge < -0.3 is 5.32 Å². The third kappa shape index (κ3) is 3.41. The van der Waals surface area contributed by atoms with Crippen LogP contribution in [0.15, 0.2) is 35.5 Å². The quantitative estimate of drug-likeness (QED) is 0.877. The number of sulfonamides is 1. The standard InChI is InChI=1S/C13H14N4O3S/c1-8-5-11(21(14,19)20)6-12(9(8)2)17-13(18)10-3-4-15-16-7-10/h3-7H,1-2H3,(H,17,18)(H2,14,19,20). The molecule has 0 saturated carbocycles. The summed E-state index contributed by atoms with van der Waals surface area (Å²) in [5.41, 5.74) is 2.19. The van der Waals surface area contributed by atoms with Crippen LogP contribution in [0.5, 0.6) is 0 Å². The SMILES string of the molecule is Cc1cc(S(N)(=O)=O)cc(NC(=O)c2ccnnc2)c1C. The van der Waals surface area contributed by atoms with Crippen LogP contribution in [0.4, 0.5) is 5.69 Å². The largest absolute Gasteiger partial charge is 0.322 e. The molecule has 0 atom stereocenters. The molecule has 0 saturated heterocycles. The Balaban J connectivity index is 2.41. The van der Waals surface area contributed by atoms with Crippen LogP contribution < -0.4 is 10.5 Å². The lowest BCUT2D eigenvalue weighted by atomic mass is 10.1. The number of aromatic nitrogens is 2. The normalized spacial score (nSPS) is 11.2. The summed E-state index contributed by atoms with van der Waals surface area (Å²) in [5, 5.41) is 15.0. The number of nitrogens with zero attached hydrogens (tertiary/aromatic N) is 2. The zero-order valence-corrected chi connectivity index (χ0v) is 12.3. The van der Waals surface area contributed by atoms with E-state index in [1.807, 2.05) is 0 Å². The molecule has 7 nitrogen and oxygen atoms in total. The Hall–Kier alpha value is -2.32. The van der Waals surface area contributed by atoms with E-state index in [1.165, 1.54) is 30.6 Å². The van der Waals surface area contributed by atoms with Crippen molar-refractivity contribution in [3.63, 3.8) is 0 Å². The molecule has 8 heteroatoms. The molecular formula is C13H14N4O3S. The number of nitrogens with one attached hydrogen (secondary N) is 1. The molecule has 2 rings (SSSR count). The average molecular weight is 306 g/mol. The molecule has 1 aromatic carbocycles. The summed E-state index contributed by atoms with van der Waals surface area (Å²) in [6.07, 6.45) is 2.72. The van der Waals surface area contributed by atoms with Gasteiger partial charge in [0.15, 0.2) is 0 Å². The molecule has 2 aromatic rings. The fourth-order valence-corrected chi connectivity index (χ4v) is 2.36. The van der Waals surface area contributed by atoms with Crippen LogP contribution in [0.25, 0.3) is 0 Å². The minimum Gasteiger partial charge on any atom is -0.322 e. The third-order valence-electron chi connectivity index (χ3n) is 3.06. The van der Waals surface area contributed by atoms with E-state index in [4.69, 9.17) is 5.14 Å². The highest BCUT2D eigenvalue weighted by Gasteiger charge is 2.15. The molecule has 0 bridgehead atoms. The van der Waals surface area contributed by atoms with Gasteiger partial charge in [0.05, 0.1) is 22.9 Å². The molecule has 1 amide bonds. The predicted octanol–water partition coefficient (Wildman–Crippen LogP) is 0.993. The maximum Gasteiger partial charge on any atom is 0.257 e. The lowest BCUT2D eigenvalue weighted by Gasteiger charge is -2.12. The Labute approximate surface area is 122 Å². The molecule has 0 spiro atoms. The number of amides is 1. The van der Waals surface area contributed by atoms with E-state index >= 15 is 0 Å². The van der Waals surface area contributed by atoms with E-state index in [2.05, 4.69) is 15.5 Å². The van der Waals surface area contributed by atoms with Crippen LogP contribution in [0.1, 0.15) is 21.5 Å². The maximum absolute atomic E-state index is 12.1. The van der Waals surface area contributed by atoms with Gasteiger partial charge in [0.25, 0.3) is 5.91 Å². The van der Waals surface area contributed by atoms with Crippen molar-refractivity contribution in [3.8, 4) is 0 Å². The lowest BCUT2D eigenvalue weighted by molar-refractivity contribution is 0.102. The van der Waals surface area contributed by atoms with Gasteiger partial charge in [0.1, 0.15) is 0 Å². The summed E-state index contributed by atoms with van der Waals surface area (Å²) in [6.45, 7) is 3.52. The van der Waals surface area contributed by atoms with E-state index in [-0.39, 0.29) is 4.90 Å². The predicted molar refractivity (Wildman–Crippen MR) is 77.3 cm³/mol. The summed E-state index contributed by atoms with van der Waals surface area (Å²) in [4.78, 5) is 12.0. The van der Waals surface area contributed by atoms with Crippen molar-refractivity contribution in [2.24, 2.45) is 5.14 Å². The van der Waals surface area contributed by atoms with E-state index in [0.717, 1.165) is 5.56 Å². The van der Waals surface area contributed by atoms with Crippen molar-refractivity contribution in [1.29, 1.82) is 0 Å². The highest BCUT2D eigenvalue weighted by molar-refractivity contribution is 7.89. The maximum atomic E-state index is 12.1. The number of hydrogen-bond acceptors (Lipinski definition) is 5. The van der Waals surface area contributed by atoms with Gasteiger partial charge in [-0.2, -0.15) is 10.2 Å². The smallest absolute Gasteiger partial charge is 0.257 e. The molecule has 110 valence electrons. The number of aryl methyl sites for hydroxylation is 1. The Bertz CT molecular complexity index is 789. The lowest BCUT2D eigenvalue weighted by Crippen LogP contribution is -2.16. The second kappa shape index (κ2) is 5.58. The molecular weight excluding hydrogens is 292 g/mol. The first-order valence-corrected chi connectivity index (χ1v) is 7.56. The molecule has 21 heavy (non-hydrogen) atoms. The Morgan fingerprint density at radius 3 is 2.52 bits per heavy atom. The second-order valence-corrected chi connectivity index (χ2v) is 6.10. The first kappa shape index (κ1) is 15.1. The van der Waals surface area contributed by atoms with Gasteiger partial charge in [0, 0.05) is 5.69 Å². The molecule has 0 aliphatic rings. The van der Waals surface area contributed by atoms with E-state index < -0.39 is 15.9 Å². The number of benzene rings is 1. The zero-order chi connectivity index (χ0) is 15.6. The van der Waals surface area contributed by atoms with Crippen LogP contribution in [-0.4, -0.2) is 24.5 Å². The van der Waals surface area contributed by atoms with Crippen molar-refractivity contribution >= 4 is 21.6 Å². The number of primary sulfonamides is 1. The number of carbonyl (C=O) groups is 1. The average Bonchev–Trinajstić information content (AvgIpc) is 2.43. The van der Waals surface area contributed by atoms with Gasteiger partial charge in [-0.25, -0.2) is 13.6 Å². The van der Waals surface area contributed by atoms with Crippen molar-refractivity contribution in [2.45, 2.75) is 18.7 Å². The highest BCUT2D eigenvalue weighted by Crippen LogP contribution is 2.24. The zero-order valence-electron chi connectivity index (χ0n) is 11.5. The van der Waals surface area contributed by atoms with Crippen molar-refractivity contribution in [3.05, 3.63) is 47.3 Å². The number of hydrogen-bond donors (Lipinski definition) is 2. The molecule has 1 aromatic heterocycles. The van der Waals surface area contributed by atoms with Crippen LogP contribution in [0.2, 0.25) is 0 Å². The summed E-state index contributed by atoms with van der Waals surface area (Å²) in [5.74, 6) is -0.404. The minimum atomic E-state index is -3.84. The van der Waals surface area contributed by atoms with Crippen molar-refractivity contribution in [2.75, 3.05) is 5.32 Å². The molecule has 3 N–H and O–H groups in total. The van der Waals surface area contributed by atoms with Crippen LogP contribution >= 0.6 is 0 Å². The van der Waals surface area contributed by atoms with Crippen molar-refractivity contribution < 1.29 is 13.2 Å². The summed E-state index contributed by atoms with van der Waals surface area (Å²) in [7, 11) is -3.84. The molecule has 1 heterocycles. The fraction of sp³-hybridized carbons (Fsp3) is 0.154. The number of anilines is 1. The molecule has 0 aliphatic carbocycles. The summed E-state index contributed by atoms with van der Waals surface area (Å²) < 4.78 is 22.9. The first-order chi connectivity index (χ1) is 9.79. The van der Waals surface area contributed by atoms with E-state index in [0.29, 0.717) is 16.8 Å². The second-order valence-electron chi connectivity index (χ2n) is 4.54. The van der Waals surface area contributed by atoms with Crippen LogP contribution in [0, 0.1) is 13.8 Å². The van der Waals surface area contributed by atoms with E-state index in [9.17, 15) is 13.2 Å². The molecule has 0 fully saturated rings. The number of carbonyl (C=O) groups excluding carboxylic acids is 1. The fourth-order valence-electron chi connectivity index (χ4n) is 1.74. The first-order valence-electron chi connectivity index (χ1n) is 6.01. The number of rotatable bonds is 3. The van der Waals surface area contributed by atoms with Gasteiger partial charge in [-0.3, -0.25) is 4.79 Å². The van der Waals surface area contributed by atoms with Crippen LogP contribution in [-0.2, 0) is 10.0 Å². The summed E-state index contributed by atoms with van der Waals surface area (Å²) in [6, 6.07) is 4.31. The van der Waals surface area contributed by atoms with Gasteiger partial charge in [-0.15, -0.1) is 0 Å². The topological polar surface area (TPSA) is 115 Å². The minimum absolute atomic E-state index is 0.0475. The Morgan fingerprint density at radius 1 is 1.24 bits per heavy atom. The molecule has 0 unspecified atom stereocenters. The third-order valence-corrected chi connectivity index (χ3v) is 3.96. The Morgan fingerprint density at radius 2 is 1.95 bits per heavy atom. The monoisotopic (exact) mass is 306 g/mol. The van der Waals surface area contributed by atoms with Gasteiger partial charge in [0.2, 0.25) is 10.0 Å². The Kier molecular flexibility index (Phi) is 4.01. The number of nitrogens with two attached hydrogens (primary N) is 1. The van der Waals surface area contributed by atoms with Gasteiger partial charge in [-0.1, -0.05) is 0 Å². The molecule has 0 aliphatic heterocycles. The van der Waals surface area contributed by atoms with Gasteiger partial charge in [-0.05, 0) is 43.2 Å². The van der Waals surface area contributed by atoms with Gasteiger partial charge >= 0.3 is 0 Å². The summed E-state index contributed by atoms with van der Waals surface area (Å²) >= 11 is 0.